The Morgan fingerprint density at radius 1 is 0.738 bits per heavy atom. The molecule has 0 aliphatic heterocycles. The largest absolute Gasteiger partial charge is 0.513 e. The topological polar surface area (TPSA) is 83.8 Å². The van der Waals surface area contributed by atoms with Crippen molar-refractivity contribution < 1.29 is 28.6 Å². The zero-order chi connectivity index (χ0) is 29.8. The van der Waals surface area contributed by atoms with Gasteiger partial charge in [0.2, 0.25) is 0 Å². The van der Waals surface area contributed by atoms with Gasteiger partial charge in [-0.15, -0.1) is 0 Å². The first-order chi connectivity index (χ1) is 20.3. The van der Waals surface area contributed by atoms with E-state index in [1.165, 1.54) is 7.11 Å². The summed E-state index contributed by atoms with van der Waals surface area (Å²) in [6.45, 7) is 7.24. The lowest BCUT2D eigenvalue weighted by Gasteiger charge is -2.07. The molecule has 0 amide bonds. The number of Topliss-reactive ketones (excluding diaryl/α,β-unsaturated/α-hetero) is 1. The van der Waals surface area contributed by atoms with Gasteiger partial charge in [0.05, 0.1) is 6.61 Å². The normalized spacial score (nSPS) is 11.1. The summed E-state index contributed by atoms with van der Waals surface area (Å²) in [5.41, 5.74) is 6.90. The van der Waals surface area contributed by atoms with Crippen LogP contribution in [0.4, 0.5) is 4.79 Å². The number of methoxy groups -OCH3 is 1. The van der Waals surface area contributed by atoms with Crippen LogP contribution in [-0.4, -0.2) is 42.6 Å². The molecule has 0 aliphatic rings. The Morgan fingerprint density at radius 2 is 1.38 bits per heavy atom. The molecule has 0 atom stereocenters. The van der Waals surface area contributed by atoms with Crippen molar-refractivity contribution in [3.8, 4) is 5.75 Å². The highest BCUT2D eigenvalue weighted by Gasteiger charge is 2.17. The molecule has 5 rings (SSSR count). The number of aromatic nitrogens is 1. The first-order valence-electron chi connectivity index (χ1n) is 13.9. The number of hydrogen-bond donors (Lipinski definition) is 0. The lowest BCUT2D eigenvalue weighted by Crippen LogP contribution is -2.14. The molecular formula is C35H33NO6. The zero-order valence-corrected chi connectivity index (χ0v) is 24.2. The van der Waals surface area contributed by atoms with E-state index in [9.17, 15) is 14.4 Å². The molecule has 0 aliphatic carbocycles. The molecule has 7 nitrogen and oxygen atoms in total. The van der Waals surface area contributed by atoms with Crippen LogP contribution in [-0.2, 0) is 22.4 Å². The Bertz CT molecular complexity index is 1800. The molecule has 0 radical (unpaired) electrons. The highest BCUT2D eigenvalue weighted by atomic mass is 16.7. The maximum atomic E-state index is 13.4. The number of aryl methyl sites for hydroxylation is 3. The van der Waals surface area contributed by atoms with Gasteiger partial charge in [-0.3, -0.25) is 9.59 Å². The Labute approximate surface area is 244 Å². The molecule has 0 saturated heterocycles. The minimum atomic E-state index is -0.837. The number of hydrogen-bond acceptors (Lipinski definition) is 6. The van der Waals surface area contributed by atoms with Crippen molar-refractivity contribution in [2.45, 2.75) is 33.7 Å². The third-order valence-electron chi connectivity index (χ3n) is 7.45. The van der Waals surface area contributed by atoms with E-state index in [2.05, 4.69) is 23.6 Å². The van der Waals surface area contributed by atoms with Gasteiger partial charge in [0.15, 0.2) is 11.6 Å². The van der Waals surface area contributed by atoms with Gasteiger partial charge in [0.25, 0.3) is 0 Å². The predicted octanol–water partition coefficient (Wildman–Crippen LogP) is 7.25. The van der Waals surface area contributed by atoms with Gasteiger partial charge in [-0.1, -0.05) is 23.8 Å². The first-order valence-corrected chi connectivity index (χ1v) is 13.9. The Hall–Kier alpha value is -4.75. The molecular weight excluding hydrogens is 530 g/mol. The average Bonchev–Trinajstić information content (AvgIpc) is 3.31. The van der Waals surface area contributed by atoms with E-state index < -0.39 is 6.16 Å². The molecule has 0 bridgehead atoms. The highest BCUT2D eigenvalue weighted by molar-refractivity contribution is 6.15. The summed E-state index contributed by atoms with van der Waals surface area (Å²) in [6.07, 6.45) is -0.504. The molecule has 0 saturated carbocycles. The summed E-state index contributed by atoms with van der Waals surface area (Å²) < 4.78 is 17.1. The van der Waals surface area contributed by atoms with E-state index in [1.807, 2.05) is 56.3 Å². The van der Waals surface area contributed by atoms with E-state index in [1.54, 1.807) is 24.3 Å². The first kappa shape index (κ1) is 28.8. The van der Waals surface area contributed by atoms with E-state index in [4.69, 9.17) is 14.2 Å². The zero-order valence-electron chi connectivity index (χ0n) is 24.2. The fourth-order valence-corrected chi connectivity index (χ4v) is 5.20. The standard InChI is InChI=1S/C35H33NO6/c1-5-36-31-14-10-25(33(37)21-27-18-22(2)6-7-23(27)3)19-29(31)30-20-26(11-15-32(30)36)34(38)24-8-12-28(13-9-24)42-35(39)41-17-16-40-4/h6-15,18-20H,5,16-17,21H2,1-4H3. The number of carbonyl (C=O) groups excluding carboxylic acids is 3. The van der Waals surface area contributed by atoms with E-state index in [0.717, 1.165) is 45.0 Å². The smallest absolute Gasteiger partial charge is 0.432 e. The third-order valence-corrected chi connectivity index (χ3v) is 7.45. The van der Waals surface area contributed by atoms with Crippen molar-refractivity contribution in [3.05, 3.63) is 112 Å². The van der Waals surface area contributed by atoms with Crippen molar-refractivity contribution >= 4 is 39.5 Å². The highest BCUT2D eigenvalue weighted by Crippen LogP contribution is 2.32. The third kappa shape index (κ3) is 5.97. The van der Waals surface area contributed by atoms with Gasteiger partial charge in [-0.2, -0.15) is 0 Å². The van der Waals surface area contributed by atoms with Crippen LogP contribution in [0.2, 0.25) is 0 Å². The summed E-state index contributed by atoms with van der Waals surface area (Å²) in [5, 5.41) is 1.85. The second-order valence-electron chi connectivity index (χ2n) is 10.3. The van der Waals surface area contributed by atoms with Crippen LogP contribution in [0.1, 0.15) is 49.9 Å². The van der Waals surface area contributed by atoms with Crippen LogP contribution in [0.3, 0.4) is 0 Å². The molecule has 0 fully saturated rings. The average molecular weight is 564 g/mol. The number of rotatable bonds is 10. The quantitative estimate of drug-likeness (QED) is 0.0770. The molecule has 1 aromatic heterocycles. The molecule has 4 aromatic carbocycles. The van der Waals surface area contributed by atoms with E-state index >= 15 is 0 Å². The molecule has 42 heavy (non-hydrogen) atoms. The summed E-state index contributed by atoms with van der Waals surface area (Å²) >= 11 is 0. The number of nitrogens with zero attached hydrogens (tertiary/aromatic N) is 1. The molecule has 0 spiro atoms. The van der Waals surface area contributed by atoms with Gasteiger partial charge in [-0.25, -0.2) is 4.79 Å². The Balaban J connectivity index is 1.43. The van der Waals surface area contributed by atoms with Crippen molar-refractivity contribution in [1.82, 2.24) is 4.57 Å². The van der Waals surface area contributed by atoms with E-state index in [0.29, 0.717) is 23.1 Å². The van der Waals surface area contributed by atoms with Crippen LogP contribution in [0, 0.1) is 13.8 Å². The second kappa shape index (κ2) is 12.4. The fraction of sp³-hybridized carbons (Fsp3) is 0.229. The minimum absolute atomic E-state index is 0.0557. The van der Waals surface area contributed by atoms with Gasteiger partial charge in [-0.05, 0) is 92.6 Å². The van der Waals surface area contributed by atoms with Crippen molar-refractivity contribution in [2.24, 2.45) is 0 Å². The molecule has 0 N–H and O–H groups in total. The number of benzene rings is 4. The van der Waals surface area contributed by atoms with Gasteiger partial charge >= 0.3 is 6.16 Å². The van der Waals surface area contributed by atoms with Gasteiger partial charge < -0.3 is 18.8 Å². The Morgan fingerprint density at radius 3 is 2.05 bits per heavy atom. The lowest BCUT2D eigenvalue weighted by atomic mass is 9.96. The van der Waals surface area contributed by atoms with Gasteiger partial charge in [0.1, 0.15) is 12.4 Å². The van der Waals surface area contributed by atoms with Crippen LogP contribution in [0.25, 0.3) is 21.8 Å². The van der Waals surface area contributed by atoms with Crippen LogP contribution in [0.15, 0.2) is 78.9 Å². The molecule has 214 valence electrons. The molecule has 7 heteroatoms. The maximum Gasteiger partial charge on any atom is 0.513 e. The monoisotopic (exact) mass is 563 g/mol. The number of ether oxygens (including phenoxy) is 3. The van der Waals surface area contributed by atoms with Crippen molar-refractivity contribution in [3.63, 3.8) is 0 Å². The van der Waals surface area contributed by atoms with Crippen LogP contribution in [0.5, 0.6) is 5.75 Å². The maximum absolute atomic E-state index is 13.4. The SMILES string of the molecule is CCn1c2ccc(C(=O)Cc3cc(C)ccc3C)cc2c2cc(C(=O)c3ccc(OC(=O)OCCOC)cc3)ccc21. The summed E-state index contributed by atoms with van der Waals surface area (Å²) in [5.74, 6) is 0.166. The number of ketones is 2. The lowest BCUT2D eigenvalue weighted by molar-refractivity contribution is 0.0685. The Kier molecular flexibility index (Phi) is 8.50. The molecule has 1 heterocycles. The van der Waals surface area contributed by atoms with Crippen LogP contribution < -0.4 is 4.74 Å². The number of fused-ring (bicyclic) bond motifs is 3. The number of carbonyl (C=O) groups is 3. The summed E-state index contributed by atoms with van der Waals surface area (Å²) in [4.78, 5) is 38.6. The van der Waals surface area contributed by atoms with Crippen LogP contribution >= 0.6 is 0 Å². The second-order valence-corrected chi connectivity index (χ2v) is 10.3. The van der Waals surface area contributed by atoms with Crippen molar-refractivity contribution in [1.29, 1.82) is 0 Å². The van der Waals surface area contributed by atoms with Gasteiger partial charge in [0, 0.05) is 58.6 Å². The predicted molar refractivity (Wildman–Crippen MR) is 163 cm³/mol. The molecule has 0 unspecified atom stereocenters. The fourth-order valence-electron chi connectivity index (χ4n) is 5.20. The summed E-state index contributed by atoms with van der Waals surface area (Å²) in [6, 6.07) is 24.0. The molecule has 5 aromatic rings. The van der Waals surface area contributed by atoms with E-state index in [-0.39, 0.29) is 30.5 Å². The summed E-state index contributed by atoms with van der Waals surface area (Å²) in [7, 11) is 1.51. The van der Waals surface area contributed by atoms with Crippen molar-refractivity contribution in [2.75, 3.05) is 20.3 Å². The minimum Gasteiger partial charge on any atom is -0.432 e.